The number of hydrogen-bond acceptors (Lipinski definition) is 3. The van der Waals surface area contributed by atoms with Gasteiger partial charge in [-0.1, -0.05) is 6.07 Å². The Kier molecular flexibility index (Phi) is 3.62. The van der Waals surface area contributed by atoms with Crippen LogP contribution in [-0.4, -0.2) is 16.0 Å². The average molecular weight is 281 g/mol. The van der Waals surface area contributed by atoms with E-state index in [1.807, 2.05) is 43.3 Å². The third kappa shape index (κ3) is 2.50. The number of nitrogens with zero attached hydrogens (tertiary/aromatic N) is 2. The molecule has 0 bridgehead atoms. The third-order valence-electron chi connectivity index (χ3n) is 3.59. The average Bonchev–Trinajstić information content (AvgIpc) is 2.85. The van der Waals surface area contributed by atoms with Crippen molar-refractivity contribution in [3.05, 3.63) is 53.9 Å². The number of pyridine rings is 1. The van der Waals surface area contributed by atoms with Crippen molar-refractivity contribution in [2.75, 3.05) is 6.61 Å². The van der Waals surface area contributed by atoms with Crippen molar-refractivity contribution in [1.82, 2.24) is 9.38 Å². The fraction of sp³-hybridized carbons (Fsp3) is 0.235. The van der Waals surface area contributed by atoms with Crippen LogP contribution in [0.15, 0.2) is 42.6 Å². The van der Waals surface area contributed by atoms with Crippen molar-refractivity contribution in [2.45, 2.75) is 20.4 Å². The Labute approximate surface area is 124 Å². The predicted molar refractivity (Wildman–Crippen MR) is 84.4 cm³/mol. The summed E-state index contributed by atoms with van der Waals surface area (Å²) in [5.74, 6) is 0.882. The lowest BCUT2D eigenvalue weighted by atomic mass is 10.1. The van der Waals surface area contributed by atoms with E-state index in [1.165, 1.54) is 0 Å². The summed E-state index contributed by atoms with van der Waals surface area (Å²) in [7, 11) is 0. The predicted octanol–water partition coefficient (Wildman–Crippen LogP) is 3.17. The van der Waals surface area contributed by atoms with Crippen molar-refractivity contribution >= 4 is 5.65 Å². The molecule has 4 heteroatoms. The summed E-state index contributed by atoms with van der Waals surface area (Å²) in [6, 6.07) is 12.1. The third-order valence-corrected chi connectivity index (χ3v) is 3.59. The summed E-state index contributed by atoms with van der Waals surface area (Å²) in [5.41, 5.74) is 10.9. The van der Waals surface area contributed by atoms with E-state index >= 15 is 0 Å². The lowest BCUT2D eigenvalue weighted by Gasteiger charge is -2.04. The first-order valence-corrected chi connectivity index (χ1v) is 7.14. The number of aromatic nitrogens is 2. The zero-order valence-corrected chi connectivity index (χ0v) is 12.3. The van der Waals surface area contributed by atoms with Crippen molar-refractivity contribution in [3.63, 3.8) is 0 Å². The Bertz CT molecular complexity index is 760. The quantitative estimate of drug-likeness (QED) is 0.799. The Balaban J connectivity index is 2.05. The van der Waals surface area contributed by atoms with E-state index < -0.39 is 0 Å². The van der Waals surface area contributed by atoms with Gasteiger partial charge in [-0.05, 0) is 49.7 Å². The zero-order valence-electron chi connectivity index (χ0n) is 12.3. The molecule has 0 saturated heterocycles. The van der Waals surface area contributed by atoms with Gasteiger partial charge in [-0.2, -0.15) is 0 Å². The standard InChI is InChI=1S/C17H19N3O/c1-3-21-15-7-5-14(6-8-15)17-12(2)20-11-13(10-18)4-9-16(20)19-17/h4-9,11H,3,10,18H2,1-2H3. The van der Waals surface area contributed by atoms with Gasteiger partial charge >= 0.3 is 0 Å². The Morgan fingerprint density at radius 3 is 2.57 bits per heavy atom. The van der Waals surface area contributed by atoms with E-state index in [0.29, 0.717) is 13.2 Å². The van der Waals surface area contributed by atoms with Gasteiger partial charge in [-0.25, -0.2) is 4.98 Å². The number of ether oxygens (including phenoxy) is 1. The smallest absolute Gasteiger partial charge is 0.137 e. The minimum atomic E-state index is 0.534. The molecule has 3 rings (SSSR count). The van der Waals surface area contributed by atoms with Gasteiger partial charge in [0.25, 0.3) is 0 Å². The fourth-order valence-electron chi connectivity index (χ4n) is 2.48. The molecule has 108 valence electrons. The number of benzene rings is 1. The van der Waals surface area contributed by atoms with Crippen LogP contribution in [0.25, 0.3) is 16.9 Å². The number of rotatable bonds is 4. The molecule has 0 atom stereocenters. The van der Waals surface area contributed by atoms with E-state index in [9.17, 15) is 0 Å². The fourth-order valence-corrected chi connectivity index (χ4v) is 2.48. The number of hydrogen-bond donors (Lipinski definition) is 1. The molecule has 0 aliphatic rings. The molecule has 2 N–H and O–H groups in total. The van der Waals surface area contributed by atoms with E-state index in [1.54, 1.807) is 0 Å². The number of fused-ring (bicyclic) bond motifs is 1. The SMILES string of the molecule is CCOc1ccc(-c2nc3ccc(CN)cn3c2C)cc1. The highest BCUT2D eigenvalue weighted by Gasteiger charge is 2.10. The molecule has 2 heterocycles. The highest BCUT2D eigenvalue weighted by Crippen LogP contribution is 2.26. The molecule has 0 aliphatic heterocycles. The van der Waals surface area contributed by atoms with Gasteiger partial charge in [0, 0.05) is 24.0 Å². The van der Waals surface area contributed by atoms with Crippen molar-refractivity contribution in [1.29, 1.82) is 0 Å². The van der Waals surface area contributed by atoms with Gasteiger partial charge in [0.1, 0.15) is 11.4 Å². The van der Waals surface area contributed by atoms with E-state index in [0.717, 1.165) is 33.9 Å². The molecule has 0 saturated carbocycles. The highest BCUT2D eigenvalue weighted by atomic mass is 16.5. The maximum absolute atomic E-state index is 5.71. The van der Waals surface area contributed by atoms with E-state index in [4.69, 9.17) is 15.5 Å². The lowest BCUT2D eigenvalue weighted by molar-refractivity contribution is 0.340. The Morgan fingerprint density at radius 1 is 1.14 bits per heavy atom. The molecule has 0 aliphatic carbocycles. The summed E-state index contributed by atoms with van der Waals surface area (Å²) in [4.78, 5) is 4.71. The molecule has 0 unspecified atom stereocenters. The van der Waals surface area contributed by atoms with Gasteiger partial charge in [0.05, 0.1) is 12.3 Å². The van der Waals surface area contributed by atoms with Crippen LogP contribution in [0.2, 0.25) is 0 Å². The molecule has 1 aromatic carbocycles. The normalized spacial score (nSPS) is 11.0. The molecule has 0 spiro atoms. The van der Waals surface area contributed by atoms with E-state index in [2.05, 4.69) is 17.5 Å². The summed E-state index contributed by atoms with van der Waals surface area (Å²) in [6.07, 6.45) is 2.05. The largest absolute Gasteiger partial charge is 0.494 e. The minimum absolute atomic E-state index is 0.534. The number of aryl methyl sites for hydroxylation is 1. The molecule has 2 aromatic heterocycles. The maximum Gasteiger partial charge on any atom is 0.137 e. The lowest BCUT2D eigenvalue weighted by Crippen LogP contribution is -1.98. The van der Waals surface area contributed by atoms with Crippen LogP contribution in [0, 0.1) is 6.92 Å². The van der Waals surface area contributed by atoms with Crippen LogP contribution >= 0.6 is 0 Å². The van der Waals surface area contributed by atoms with Crippen molar-refractivity contribution in [2.24, 2.45) is 5.73 Å². The number of nitrogens with two attached hydrogens (primary N) is 1. The van der Waals surface area contributed by atoms with Crippen LogP contribution in [0.4, 0.5) is 0 Å². The summed E-state index contributed by atoms with van der Waals surface area (Å²) in [6.45, 7) is 5.27. The van der Waals surface area contributed by atoms with Gasteiger partial charge in [0.2, 0.25) is 0 Å². The topological polar surface area (TPSA) is 52.5 Å². The second-order valence-electron chi connectivity index (χ2n) is 4.97. The van der Waals surface area contributed by atoms with Crippen LogP contribution in [0.1, 0.15) is 18.2 Å². The molecule has 0 radical (unpaired) electrons. The molecule has 4 nitrogen and oxygen atoms in total. The highest BCUT2D eigenvalue weighted by molar-refractivity contribution is 5.67. The first-order valence-electron chi connectivity index (χ1n) is 7.14. The molecule has 3 aromatic rings. The van der Waals surface area contributed by atoms with Crippen LogP contribution in [0.5, 0.6) is 5.75 Å². The molecular weight excluding hydrogens is 262 g/mol. The summed E-state index contributed by atoms with van der Waals surface area (Å²) in [5, 5.41) is 0. The molecule has 21 heavy (non-hydrogen) atoms. The second-order valence-corrected chi connectivity index (χ2v) is 4.97. The zero-order chi connectivity index (χ0) is 14.8. The van der Waals surface area contributed by atoms with Crippen LogP contribution in [0.3, 0.4) is 0 Å². The first kappa shape index (κ1) is 13.6. The minimum Gasteiger partial charge on any atom is -0.494 e. The molecule has 0 fully saturated rings. The monoisotopic (exact) mass is 281 g/mol. The molecule has 0 amide bonds. The second kappa shape index (κ2) is 5.58. The molecular formula is C17H19N3O. The summed E-state index contributed by atoms with van der Waals surface area (Å²) >= 11 is 0. The van der Waals surface area contributed by atoms with Crippen LogP contribution < -0.4 is 10.5 Å². The Hall–Kier alpha value is -2.33. The van der Waals surface area contributed by atoms with E-state index in [-0.39, 0.29) is 0 Å². The van der Waals surface area contributed by atoms with Crippen molar-refractivity contribution < 1.29 is 4.74 Å². The maximum atomic E-state index is 5.71. The van der Waals surface area contributed by atoms with Gasteiger partial charge < -0.3 is 14.9 Å². The van der Waals surface area contributed by atoms with Crippen LogP contribution in [-0.2, 0) is 6.54 Å². The van der Waals surface area contributed by atoms with Gasteiger partial charge in [-0.3, -0.25) is 0 Å². The van der Waals surface area contributed by atoms with Gasteiger partial charge in [0.15, 0.2) is 0 Å². The Morgan fingerprint density at radius 2 is 1.90 bits per heavy atom. The van der Waals surface area contributed by atoms with Gasteiger partial charge in [-0.15, -0.1) is 0 Å². The number of imidazole rings is 1. The first-order chi connectivity index (χ1) is 10.2. The summed E-state index contributed by atoms with van der Waals surface area (Å²) < 4.78 is 7.57. The van der Waals surface area contributed by atoms with Crippen molar-refractivity contribution in [3.8, 4) is 17.0 Å².